The van der Waals surface area contributed by atoms with Gasteiger partial charge in [0.25, 0.3) is 0 Å². The van der Waals surface area contributed by atoms with Crippen molar-refractivity contribution < 1.29 is 13.9 Å². The summed E-state index contributed by atoms with van der Waals surface area (Å²) in [6, 6.07) is 22.1. The molecule has 4 aromatic rings. The quantitative estimate of drug-likeness (QED) is 0.257. The summed E-state index contributed by atoms with van der Waals surface area (Å²) < 4.78 is 12.1. The number of hydrogen-bond acceptors (Lipinski definition) is 5. The van der Waals surface area contributed by atoms with Gasteiger partial charge in [0.15, 0.2) is 11.3 Å². The molecule has 1 saturated heterocycles. The molecule has 2 aliphatic rings. The highest BCUT2D eigenvalue weighted by atomic mass is 79.9. The summed E-state index contributed by atoms with van der Waals surface area (Å²) in [5.41, 5.74) is 7.35. The highest BCUT2D eigenvalue weighted by Crippen LogP contribution is 2.44. The largest absolute Gasteiger partial charge is 0.448 e. The van der Waals surface area contributed by atoms with Crippen LogP contribution in [0.3, 0.4) is 0 Å². The smallest absolute Gasteiger partial charge is 0.409 e. The molecule has 0 radical (unpaired) electrons. The fraction of sp³-hybridized carbons (Fsp3) is 0.290. The average molecular weight is 573 g/mol. The zero-order valence-electron chi connectivity index (χ0n) is 21.4. The van der Waals surface area contributed by atoms with Gasteiger partial charge in [-0.2, -0.15) is 0 Å². The molecule has 2 heterocycles. The van der Waals surface area contributed by atoms with Crippen LogP contribution in [0.4, 0.5) is 10.7 Å². The first-order valence-electron chi connectivity index (χ1n) is 13.0. The van der Waals surface area contributed by atoms with Crippen molar-refractivity contribution >= 4 is 38.9 Å². The lowest BCUT2D eigenvalue weighted by atomic mass is 9.98. The molecular weight excluding hydrogens is 544 g/mol. The summed E-state index contributed by atoms with van der Waals surface area (Å²) in [5, 5.41) is 0.590. The lowest BCUT2D eigenvalue weighted by molar-refractivity contribution is 0.0973. The number of amides is 1. The van der Waals surface area contributed by atoms with Crippen molar-refractivity contribution in [3.8, 4) is 11.1 Å². The van der Waals surface area contributed by atoms with Crippen LogP contribution in [0, 0.1) is 6.92 Å². The van der Waals surface area contributed by atoms with Gasteiger partial charge in [0.05, 0.1) is 5.39 Å². The van der Waals surface area contributed by atoms with Gasteiger partial charge in [-0.3, -0.25) is 4.79 Å². The molecule has 6 rings (SSSR count). The second-order valence-electron chi connectivity index (χ2n) is 10.1. The Kier molecular flexibility index (Phi) is 6.48. The van der Waals surface area contributed by atoms with E-state index in [1.54, 1.807) is 11.0 Å². The minimum absolute atomic E-state index is 0.0363. The molecule has 0 bridgehead atoms. The van der Waals surface area contributed by atoms with Gasteiger partial charge in [0.2, 0.25) is 0 Å². The summed E-state index contributed by atoms with van der Waals surface area (Å²) in [6.07, 6.45) is -0.308. The molecule has 1 aliphatic heterocycles. The maximum atomic E-state index is 13.0. The fourth-order valence-corrected chi connectivity index (χ4v) is 6.01. The van der Waals surface area contributed by atoms with Crippen LogP contribution in [-0.2, 0) is 4.74 Å². The summed E-state index contributed by atoms with van der Waals surface area (Å²) in [4.78, 5) is 29.8. The van der Waals surface area contributed by atoms with Crippen molar-refractivity contribution in [3.63, 3.8) is 0 Å². The van der Waals surface area contributed by atoms with E-state index in [1.807, 2.05) is 55.1 Å². The second kappa shape index (κ2) is 9.95. The van der Waals surface area contributed by atoms with E-state index in [0.717, 1.165) is 11.1 Å². The van der Waals surface area contributed by atoms with Gasteiger partial charge in [-0.1, -0.05) is 70.5 Å². The number of benzene rings is 3. The molecule has 0 N–H and O–H groups in total. The van der Waals surface area contributed by atoms with Crippen LogP contribution in [-0.4, -0.2) is 43.8 Å². The third kappa shape index (κ3) is 4.39. The Bertz CT molecular complexity index is 1540. The Labute approximate surface area is 229 Å². The standard InChI is InChI=1S/C31H29BrN2O4/c1-19-15-25(20(2)32)30-26(16-19)28(35)17-29(38-30)33-11-13-34(14-12-33)31(36)37-18-27-23-9-5-3-7-21(23)22-8-4-6-10-24(22)27/h3-10,15-17,20,27H,11-14,18H2,1-2H3. The number of carbonyl (C=O) groups is 1. The molecule has 1 aromatic heterocycles. The Morgan fingerprint density at radius 1 is 1.00 bits per heavy atom. The van der Waals surface area contributed by atoms with Gasteiger partial charge in [0.1, 0.15) is 12.2 Å². The average Bonchev–Trinajstić information content (AvgIpc) is 3.25. The molecular formula is C31H29BrN2O4. The third-order valence-electron chi connectivity index (χ3n) is 7.60. The van der Waals surface area contributed by atoms with Crippen molar-refractivity contribution in [1.82, 2.24) is 4.90 Å². The van der Waals surface area contributed by atoms with Crippen molar-refractivity contribution in [2.24, 2.45) is 0 Å². The third-order valence-corrected chi connectivity index (χ3v) is 8.10. The van der Waals surface area contributed by atoms with Crippen molar-refractivity contribution in [1.29, 1.82) is 0 Å². The molecule has 7 heteroatoms. The monoisotopic (exact) mass is 572 g/mol. The number of hydrogen-bond donors (Lipinski definition) is 0. The molecule has 0 spiro atoms. The number of halogens is 1. The van der Waals surface area contributed by atoms with Crippen LogP contribution in [0.25, 0.3) is 22.1 Å². The summed E-state index contributed by atoms with van der Waals surface area (Å²) in [5.74, 6) is 0.571. The van der Waals surface area contributed by atoms with Crippen LogP contribution in [0.15, 0.2) is 75.9 Å². The highest BCUT2D eigenvalue weighted by Gasteiger charge is 2.30. The number of aryl methyl sites for hydroxylation is 1. The Balaban J connectivity index is 1.14. The second-order valence-corrected chi connectivity index (χ2v) is 11.4. The number of ether oxygens (including phenoxy) is 1. The zero-order chi connectivity index (χ0) is 26.4. The fourth-order valence-electron chi connectivity index (χ4n) is 5.67. The summed E-state index contributed by atoms with van der Waals surface area (Å²) in [7, 11) is 0. The molecule has 6 nitrogen and oxygen atoms in total. The number of nitrogens with zero attached hydrogens (tertiary/aromatic N) is 2. The molecule has 0 saturated carbocycles. The molecule has 1 aliphatic carbocycles. The molecule has 3 aromatic carbocycles. The van der Waals surface area contributed by atoms with E-state index in [-0.39, 0.29) is 22.3 Å². The van der Waals surface area contributed by atoms with Gasteiger partial charge in [0, 0.05) is 48.6 Å². The van der Waals surface area contributed by atoms with Crippen molar-refractivity contribution in [3.05, 3.63) is 99.2 Å². The number of piperazine rings is 1. The molecule has 1 fully saturated rings. The first-order valence-corrected chi connectivity index (χ1v) is 13.9. The molecule has 1 atom stereocenters. The van der Waals surface area contributed by atoms with E-state index in [4.69, 9.17) is 9.15 Å². The van der Waals surface area contributed by atoms with Gasteiger partial charge in [-0.05, 0) is 47.7 Å². The van der Waals surface area contributed by atoms with Crippen LogP contribution in [0.1, 0.15) is 39.9 Å². The number of fused-ring (bicyclic) bond motifs is 4. The van der Waals surface area contributed by atoms with Crippen LogP contribution < -0.4 is 10.3 Å². The van der Waals surface area contributed by atoms with Gasteiger partial charge in [-0.25, -0.2) is 4.79 Å². The Hall–Kier alpha value is -3.58. The van der Waals surface area contributed by atoms with E-state index in [2.05, 4.69) is 40.2 Å². The Morgan fingerprint density at radius 3 is 2.26 bits per heavy atom. The zero-order valence-corrected chi connectivity index (χ0v) is 23.0. The lowest BCUT2D eigenvalue weighted by Gasteiger charge is -2.34. The predicted molar refractivity (Wildman–Crippen MR) is 153 cm³/mol. The highest BCUT2D eigenvalue weighted by molar-refractivity contribution is 9.09. The van der Waals surface area contributed by atoms with E-state index < -0.39 is 0 Å². The molecule has 1 unspecified atom stereocenters. The normalized spacial score (nSPS) is 15.9. The van der Waals surface area contributed by atoms with Crippen LogP contribution in [0.5, 0.6) is 0 Å². The predicted octanol–water partition coefficient (Wildman–Crippen LogP) is 6.63. The lowest BCUT2D eigenvalue weighted by Crippen LogP contribution is -2.49. The minimum Gasteiger partial charge on any atom is -0.448 e. The van der Waals surface area contributed by atoms with E-state index >= 15 is 0 Å². The van der Waals surface area contributed by atoms with Crippen LogP contribution in [0.2, 0.25) is 0 Å². The van der Waals surface area contributed by atoms with Crippen molar-refractivity contribution in [2.45, 2.75) is 24.6 Å². The van der Waals surface area contributed by atoms with Gasteiger partial charge < -0.3 is 19.0 Å². The Morgan fingerprint density at radius 2 is 1.63 bits per heavy atom. The molecule has 1 amide bonds. The number of anilines is 1. The minimum atomic E-state index is -0.308. The van der Waals surface area contributed by atoms with E-state index in [1.165, 1.54) is 22.3 Å². The van der Waals surface area contributed by atoms with E-state index in [0.29, 0.717) is 49.6 Å². The summed E-state index contributed by atoms with van der Waals surface area (Å²) in [6.45, 7) is 6.41. The van der Waals surface area contributed by atoms with Gasteiger partial charge in [-0.15, -0.1) is 0 Å². The number of alkyl halides is 1. The maximum Gasteiger partial charge on any atom is 0.409 e. The maximum absolute atomic E-state index is 13.0. The number of carbonyl (C=O) groups excluding carboxylic acids is 1. The van der Waals surface area contributed by atoms with E-state index in [9.17, 15) is 9.59 Å². The summed E-state index contributed by atoms with van der Waals surface area (Å²) >= 11 is 3.63. The topological polar surface area (TPSA) is 63.0 Å². The molecule has 38 heavy (non-hydrogen) atoms. The van der Waals surface area contributed by atoms with Crippen LogP contribution >= 0.6 is 15.9 Å². The SMILES string of the molecule is Cc1cc(C(C)Br)c2oc(N3CCN(C(=O)OCC4c5ccccc5-c5ccccc54)CC3)cc(=O)c2c1. The first kappa shape index (κ1) is 24.7. The first-order chi connectivity index (χ1) is 18.4. The molecule has 194 valence electrons. The number of rotatable bonds is 4. The van der Waals surface area contributed by atoms with Gasteiger partial charge >= 0.3 is 6.09 Å². The van der Waals surface area contributed by atoms with Crippen molar-refractivity contribution in [2.75, 3.05) is 37.7 Å².